The Hall–Kier alpha value is -3.38. The van der Waals surface area contributed by atoms with Gasteiger partial charge in [-0.05, 0) is 55.5 Å². The average molecular weight is 519 g/mol. The number of nitrogens with two attached hydrogens (primary N) is 1. The highest BCUT2D eigenvalue weighted by Crippen LogP contribution is 2.37. The van der Waals surface area contributed by atoms with E-state index in [2.05, 4.69) is 44.8 Å². The number of nitrogen functional groups attached to an aromatic ring is 1. The van der Waals surface area contributed by atoms with Gasteiger partial charge in [0.15, 0.2) is 0 Å². The lowest BCUT2D eigenvalue weighted by molar-refractivity contribution is -0.132. The number of amides is 1. The first-order valence-corrected chi connectivity index (χ1v) is 12.9. The maximum absolute atomic E-state index is 11.9. The number of nitrogens with zero attached hydrogens (tertiary/aromatic N) is 5. The lowest BCUT2D eigenvalue weighted by Gasteiger charge is -2.47. The van der Waals surface area contributed by atoms with E-state index >= 15 is 0 Å². The van der Waals surface area contributed by atoms with Gasteiger partial charge in [-0.15, -0.1) is 0 Å². The number of carbonyl (C=O) groups excluding carboxylic acids is 1. The molecule has 192 valence electrons. The highest BCUT2D eigenvalue weighted by Gasteiger charge is 2.38. The van der Waals surface area contributed by atoms with Gasteiger partial charge in [0.2, 0.25) is 5.91 Å². The van der Waals surface area contributed by atoms with Crippen molar-refractivity contribution >= 4 is 34.4 Å². The third kappa shape index (κ3) is 4.59. The topological polar surface area (TPSA) is 101 Å². The van der Waals surface area contributed by atoms with Crippen molar-refractivity contribution in [2.24, 2.45) is 5.92 Å². The molecule has 0 saturated carbocycles. The summed E-state index contributed by atoms with van der Waals surface area (Å²) in [5.41, 5.74) is 10.8. The van der Waals surface area contributed by atoms with Gasteiger partial charge < -0.3 is 20.3 Å². The van der Waals surface area contributed by atoms with E-state index < -0.39 is 6.10 Å². The summed E-state index contributed by atoms with van der Waals surface area (Å²) in [7, 11) is 0. The molecule has 2 saturated heterocycles. The highest BCUT2D eigenvalue weighted by molar-refractivity contribution is 6.31. The molecule has 0 bridgehead atoms. The van der Waals surface area contributed by atoms with Crippen LogP contribution >= 0.6 is 11.6 Å². The number of halogens is 1. The summed E-state index contributed by atoms with van der Waals surface area (Å²) in [6.45, 7) is 10.8. The number of likely N-dealkylation sites (tertiary alicyclic amines) is 2. The Bertz CT molecular complexity index is 1430. The van der Waals surface area contributed by atoms with E-state index in [1.54, 1.807) is 4.90 Å². The van der Waals surface area contributed by atoms with Crippen LogP contribution in [0.1, 0.15) is 24.6 Å². The molecule has 8 nitrogen and oxygen atoms in total. The fourth-order valence-electron chi connectivity index (χ4n) is 5.43. The van der Waals surface area contributed by atoms with Crippen molar-refractivity contribution in [1.82, 2.24) is 24.3 Å². The maximum Gasteiger partial charge on any atom is 0.246 e. The molecule has 4 heterocycles. The second-order valence-electron chi connectivity index (χ2n) is 9.72. The highest BCUT2D eigenvalue weighted by atomic mass is 35.5. The molecular weight excluding hydrogens is 488 g/mol. The number of hydrogen-bond acceptors (Lipinski definition) is 6. The van der Waals surface area contributed by atoms with Gasteiger partial charge in [-0.1, -0.05) is 30.2 Å². The summed E-state index contributed by atoms with van der Waals surface area (Å²) in [6.07, 6.45) is 2.95. The molecule has 1 amide bonds. The standard InChI is InChI=1S/C28H31ClN6O2/c1-4-24(37)33-11-10-21(23(36)15-33)34-13-18(14-34)6-9-22-25(19-7-8-20(29)17(3)12-19)26-27(30)31-16-32-28(26)35(22)5-2/h4,7-8,12,16,18,21,23,36H,1,5,10-11,13-15H2,2-3H3,(H2,30,31,32)/t21-,23+/m0/s1. The second-order valence-corrected chi connectivity index (χ2v) is 10.1. The molecule has 2 aliphatic heterocycles. The van der Waals surface area contributed by atoms with E-state index in [-0.39, 0.29) is 17.9 Å². The number of aromatic nitrogens is 3. The Balaban J connectivity index is 1.42. The van der Waals surface area contributed by atoms with Crippen LogP contribution in [0.15, 0.2) is 37.2 Å². The Morgan fingerprint density at radius 3 is 2.78 bits per heavy atom. The van der Waals surface area contributed by atoms with Crippen LogP contribution in [0.5, 0.6) is 0 Å². The van der Waals surface area contributed by atoms with E-state index in [4.69, 9.17) is 17.3 Å². The van der Waals surface area contributed by atoms with E-state index in [9.17, 15) is 9.90 Å². The minimum Gasteiger partial charge on any atom is -0.390 e. The summed E-state index contributed by atoms with van der Waals surface area (Å²) in [5.74, 6) is 7.39. The van der Waals surface area contributed by atoms with Crippen LogP contribution < -0.4 is 5.73 Å². The molecule has 37 heavy (non-hydrogen) atoms. The molecule has 9 heteroatoms. The summed E-state index contributed by atoms with van der Waals surface area (Å²) in [6, 6.07) is 5.96. The van der Waals surface area contributed by atoms with Crippen molar-refractivity contribution < 1.29 is 9.90 Å². The molecule has 3 aromatic rings. The number of aliphatic hydroxyl groups is 1. The largest absolute Gasteiger partial charge is 0.390 e. The lowest BCUT2D eigenvalue weighted by atomic mass is 9.91. The van der Waals surface area contributed by atoms with Gasteiger partial charge in [-0.3, -0.25) is 9.69 Å². The predicted octanol–water partition coefficient (Wildman–Crippen LogP) is 3.09. The summed E-state index contributed by atoms with van der Waals surface area (Å²) in [4.78, 5) is 24.6. The van der Waals surface area contributed by atoms with Crippen molar-refractivity contribution in [2.75, 3.05) is 31.9 Å². The van der Waals surface area contributed by atoms with E-state index in [0.29, 0.717) is 30.5 Å². The molecule has 0 spiro atoms. The smallest absolute Gasteiger partial charge is 0.246 e. The number of carbonyl (C=O) groups is 1. The monoisotopic (exact) mass is 518 g/mol. The van der Waals surface area contributed by atoms with Crippen molar-refractivity contribution in [3.05, 3.63) is 53.5 Å². The van der Waals surface area contributed by atoms with Crippen molar-refractivity contribution in [3.8, 4) is 23.0 Å². The first-order valence-electron chi connectivity index (χ1n) is 12.6. The molecule has 1 aromatic carbocycles. The molecule has 2 aromatic heterocycles. The van der Waals surface area contributed by atoms with Gasteiger partial charge >= 0.3 is 0 Å². The van der Waals surface area contributed by atoms with Gasteiger partial charge in [-0.25, -0.2) is 9.97 Å². The predicted molar refractivity (Wildman–Crippen MR) is 146 cm³/mol. The third-order valence-electron chi connectivity index (χ3n) is 7.44. The molecule has 2 atom stereocenters. The van der Waals surface area contributed by atoms with Crippen LogP contribution in [0.2, 0.25) is 5.02 Å². The van der Waals surface area contributed by atoms with Crippen molar-refractivity contribution in [1.29, 1.82) is 0 Å². The van der Waals surface area contributed by atoms with Gasteiger partial charge in [0.25, 0.3) is 0 Å². The molecular formula is C28H31ClN6O2. The van der Waals surface area contributed by atoms with E-state index in [1.165, 1.54) is 12.4 Å². The molecule has 0 radical (unpaired) electrons. The number of aryl methyl sites for hydroxylation is 2. The van der Waals surface area contributed by atoms with Gasteiger partial charge in [0.1, 0.15) is 23.5 Å². The van der Waals surface area contributed by atoms with Crippen LogP contribution in [0.3, 0.4) is 0 Å². The molecule has 0 aliphatic carbocycles. The fraction of sp³-hybridized carbons (Fsp3) is 0.393. The first-order chi connectivity index (χ1) is 17.8. The zero-order chi connectivity index (χ0) is 26.3. The zero-order valence-corrected chi connectivity index (χ0v) is 21.9. The lowest BCUT2D eigenvalue weighted by Crippen LogP contribution is -2.61. The minimum absolute atomic E-state index is 0.0386. The number of rotatable bonds is 4. The third-order valence-corrected chi connectivity index (χ3v) is 7.86. The molecule has 3 N–H and O–H groups in total. The molecule has 2 aliphatic rings. The normalized spacial score (nSPS) is 20.4. The number of β-amino-alcohol motifs (C(OH)–C–C–N with tert-alkyl or cyclic N) is 1. The fourth-order valence-corrected chi connectivity index (χ4v) is 5.55. The Morgan fingerprint density at radius 1 is 1.32 bits per heavy atom. The Labute approximate surface area is 221 Å². The first kappa shape index (κ1) is 25.3. The van der Waals surface area contributed by atoms with Gasteiger partial charge in [0.05, 0.1) is 11.5 Å². The second kappa shape index (κ2) is 10.2. The maximum atomic E-state index is 11.9. The number of benzene rings is 1. The van der Waals surface area contributed by atoms with Crippen LogP contribution in [0, 0.1) is 24.7 Å². The van der Waals surface area contributed by atoms with E-state index in [1.807, 2.05) is 25.1 Å². The van der Waals surface area contributed by atoms with Crippen LogP contribution in [0.4, 0.5) is 5.82 Å². The average Bonchev–Trinajstić information content (AvgIpc) is 3.19. The number of aliphatic hydroxyl groups excluding tert-OH is 1. The van der Waals surface area contributed by atoms with Crippen LogP contribution in [0.25, 0.3) is 22.2 Å². The molecule has 2 fully saturated rings. The van der Waals surface area contributed by atoms with E-state index in [0.717, 1.165) is 52.9 Å². The van der Waals surface area contributed by atoms with Crippen molar-refractivity contribution in [2.45, 2.75) is 39.0 Å². The van der Waals surface area contributed by atoms with Crippen molar-refractivity contribution in [3.63, 3.8) is 0 Å². The minimum atomic E-state index is -0.574. The summed E-state index contributed by atoms with van der Waals surface area (Å²) in [5, 5.41) is 12.2. The quantitative estimate of drug-likeness (QED) is 0.406. The van der Waals surface area contributed by atoms with Gasteiger partial charge in [-0.2, -0.15) is 0 Å². The Kier molecular flexibility index (Phi) is 6.95. The summed E-state index contributed by atoms with van der Waals surface area (Å²) < 4.78 is 2.09. The SMILES string of the molecule is C=CC(=O)N1CC[C@H](N2CC(C#Cc3c(-c4ccc(Cl)c(C)c4)c4c(N)ncnc4n3CC)C2)[C@H](O)C1. The molecule has 5 rings (SSSR count). The molecule has 0 unspecified atom stereocenters. The number of fused-ring (bicyclic) bond motifs is 1. The zero-order valence-electron chi connectivity index (χ0n) is 21.1. The summed E-state index contributed by atoms with van der Waals surface area (Å²) >= 11 is 6.31. The van der Waals surface area contributed by atoms with Gasteiger partial charge in [0, 0.05) is 55.3 Å². The van der Waals surface area contributed by atoms with Crippen LogP contribution in [-0.4, -0.2) is 73.7 Å². The number of hydrogen-bond donors (Lipinski definition) is 2. The Morgan fingerprint density at radius 2 is 2.11 bits per heavy atom. The number of anilines is 1. The number of piperidine rings is 1. The van der Waals surface area contributed by atoms with Crippen LogP contribution in [-0.2, 0) is 11.3 Å².